The van der Waals surface area contributed by atoms with Gasteiger partial charge in [0.25, 0.3) is 15.4 Å². The summed E-state index contributed by atoms with van der Waals surface area (Å²) in [6, 6.07) is 12.6. The largest absolute Gasteiger partial charge is 0.498 e. The molecular weight excluding hydrogens is 706 g/mol. The van der Waals surface area contributed by atoms with Gasteiger partial charge in [-0.25, -0.2) is 17.8 Å². The van der Waals surface area contributed by atoms with E-state index in [1.807, 2.05) is 11.1 Å². The normalized spacial score (nSPS) is 21.9. The summed E-state index contributed by atoms with van der Waals surface area (Å²) >= 11 is 6.08. The third-order valence-corrected chi connectivity index (χ3v) is 11.3. The monoisotopic (exact) mass is 737 g/mol. The van der Waals surface area contributed by atoms with Crippen molar-refractivity contribution in [1.29, 1.82) is 0 Å². The number of benzene rings is 2. The summed E-state index contributed by atoms with van der Waals surface area (Å²) in [5, 5.41) is 2.93. The number of aromatic nitrogens is 2. The first-order valence-corrected chi connectivity index (χ1v) is 17.7. The summed E-state index contributed by atoms with van der Waals surface area (Å²) in [6.45, 7) is 4.40. The van der Waals surface area contributed by atoms with E-state index in [9.17, 15) is 40.5 Å². The molecular formula is C29H32ClF3N3O10PS. The number of esters is 1. The van der Waals surface area contributed by atoms with Gasteiger partial charge in [-0.2, -0.15) is 18.3 Å². The Labute approximate surface area is 277 Å². The fourth-order valence-electron chi connectivity index (χ4n) is 4.91. The second-order valence-corrected chi connectivity index (χ2v) is 15.9. The van der Waals surface area contributed by atoms with E-state index in [1.54, 1.807) is 44.2 Å². The molecule has 1 fully saturated rings. The van der Waals surface area contributed by atoms with Crippen molar-refractivity contribution in [3.8, 4) is 16.9 Å². The quantitative estimate of drug-likeness (QED) is 0.190. The number of ether oxygens (including phenoxy) is 2. The Kier molecular flexibility index (Phi) is 11.0. The molecule has 2 heterocycles. The number of carbonyl (C=O) groups excluding carboxylic acids is 1. The van der Waals surface area contributed by atoms with Crippen LogP contribution in [0.5, 0.6) is 5.75 Å². The number of carbonyl (C=O) groups is 1. The van der Waals surface area contributed by atoms with E-state index < -0.39 is 82.6 Å². The van der Waals surface area contributed by atoms with Gasteiger partial charge in [0.05, 0.1) is 18.8 Å². The van der Waals surface area contributed by atoms with Gasteiger partial charge in [0.2, 0.25) is 0 Å². The number of aromatic amines is 1. The highest BCUT2D eigenvalue weighted by Crippen LogP contribution is 2.51. The van der Waals surface area contributed by atoms with Crippen LogP contribution in [0, 0.1) is 0 Å². The molecule has 1 aliphatic rings. The minimum Gasteiger partial charge on any atom is -0.462 e. The topological polar surface area (TPSA) is 172 Å². The Morgan fingerprint density at radius 1 is 1.15 bits per heavy atom. The molecule has 5 atom stereocenters. The second-order valence-electron chi connectivity index (χ2n) is 11.3. The summed E-state index contributed by atoms with van der Waals surface area (Å²) in [4.78, 5) is 38.5. The van der Waals surface area contributed by atoms with Crippen LogP contribution in [0.1, 0.15) is 40.3 Å². The summed E-state index contributed by atoms with van der Waals surface area (Å²) < 4.78 is 101. The molecule has 1 saturated heterocycles. The van der Waals surface area contributed by atoms with Crippen molar-refractivity contribution in [3.05, 3.63) is 86.7 Å². The molecule has 2 aromatic carbocycles. The average molecular weight is 738 g/mol. The van der Waals surface area contributed by atoms with Gasteiger partial charge in [-0.3, -0.25) is 23.7 Å². The zero-order chi connectivity index (χ0) is 35.7. The standard InChI is InChI=1S/C29H32ClF3N3O10PS/c1-17(2)44-25(38)18(3)35-47(40,46-22-10-8-19(9-11-22)20-6-5-7-21(30)14-20)43-16-23-15-28(4,48(41,42)29(31,32)33)26(45-23)36-13-12-24(37)34-27(36)39/h5-14,17-18,23,26H,15-16H2,1-4H3,(H,35,40)(H,34,37,39)/t18-,23-,26+,28+,47?/m0/s1. The predicted octanol–water partition coefficient (Wildman–Crippen LogP) is 4.97. The first kappa shape index (κ1) is 37.4. The number of rotatable bonds is 12. The van der Waals surface area contributed by atoms with Crippen LogP contribution >= 0.6 is 19.3 Å². The molecule has 262 valence electrons. The van der Waals surface area contributed by atoms with Crippen molar-refractivity contribution >= 4 is 35.2 Å². The highest BCUT2D eigenvalue weighted by atomic mass is 35.5. The summed E-state index contributed by atoms with van der Waals surface area (Å²) in [5.41, 5.74) is -6.39. The minimum atomic E-state index is -6.02. The molecule has 19 heteroatoms. The molecule has 2 N–H and O–H groups in total. The number of sulfone groups is 1. The van der Waals surface area contributed by atoms with E-state index in [0.29, 0.717) is 9.59 Å². The zero-order valence-electron chi connectivity index (χ0n) is 25.9. The number of halogens is 4. The first-order valence-electron chi connectivity index (χ1n) is 14.3. The highest BCUT2D eigenvalue weighted by molar-refractivity contribution is 7.93. The third kappa shape index (κ3) is 8.21. The van der Waals surface area contributed by atoms with Crippen LogP contribution < -0.4 is 20.9 Å². The van der Waals surface area contributed by atoms with Crippen molar-refractivity contribution in [2.24, 2.45) is 0 Å². The van der Waals surface area contributed by atoms with Crippen molar-refractivity contribution in [3.63, 3.8) is 0 Å². The molecule has 0 amide bonds. The van der Waals surface area contributed by atoms with Gasteiger partial charge < -0.3 is 14.0 Å². The Morgan fingerprint density at radius 2 is 1.81 bits per heavy atom. The maximum Gasteiger partial charge on any atom is 0.498 e. The van der Waals surface area contributed by atoms with E-state index >= 15 is 0 Å². The van der Waals surface area contributed by atoms with Crippen LogP contribution in [-0.4, -0.2) is 59.1 Å². The lowest BCUT2D eigenvalue weighted by molar-refractivity contribution is -0.149. The van der Waals surface area contributed by atoms with E-state index in [-0.39, 0.29) is 5.75 Å². The van der Waals surface area contributed by atoms with Crippen LogP contribution in [-0.2, 0) is 33.2 Å². The lowest BCUT2D eigenvalue weighted by Crippen LogP contribution is -2.50. The number of nitrogens with zero attached hydrogens (tertiary/aromatic N) is 1. The summed E-state index contributed by atoms with van der Waals surface area (Å²) in [7, 11) is -10.6. The van der Waals surface area contributed by atoms with Crippen LogP contribution in [0.25, 0.3) is 11.1 Å². The fraction of sp³-hybridized carbons (Fsp3) is 0.414. The third-order valence-electron chi connectivity index (χ3n) is 7.22. The van der Waals surface area contributed by atoms with Gasteiger partial charge >= 0.3 is 24.9 Å². The minimum absolute atomic E-state index is 0.00413. The molecule has 0 saturated carbocycles. The van der Waals surface area contributed by atoms with Crippen LogP contribution in [0.3, 0.4) is 0 Å². The van der Waals surface area contributed by atoms with Crippen molar-refractivity contribution in [2.45, 2.75) is 68.8 Å². The van der Waals surface area contributed by atoms with Gasteiger partial charge in [0.1, 0.15) is 16.5 Å². The van der Waals surface area contributed by atoms with Crippen LogP contribution in [0.15, 0.2) is 70.4 Å². The van der Waals surface area contributed by atoms with Gasteiger partial charge in [-0.15, -0.1) is 0 Å². The summed E-state index contributed by atoms with van der Waals surface area (Å²) in [5.74, 6) is -0.831. The molecule has 0 bridgehead atoms. The average Bonchev–Trinajstić information content (AvgIpc) is 3.33. The maximum atomic E-state index is 14.1. The summed E-state index contributed by atoms with van der Waals surface area (Å²) in [6.07, 6.45) is -4.23. The molecule has 0 radical (unpaired) electrons. The van der Waals surface area contributed by atoms with E-state index in [1.165, 1.54) is 19.1 Å². The lowest BCUT2D eigenvalue weighted by atomic mass is 10.0. The van der Waals surface area contributed by atoms with Crippen molar-refractivity contribution in [1.82, 2.24) is 14.6 Å². The van der Waals surface area contributed by atoms with E-state index in [2.05, 4.69) is 5.09 Å². The highest BCUT2D eigenvalue weighted by Gasteiger charge is 2.65. The molecule has 1 aliphatic heterocycles. The van der Waals surface area contributed by atoms with Gasteiger partial charge in [-0.05, 0) is 63.1 Å². The molecule has 13 nitrogen and oxygen atoms in total. The van der Waals surface area contributed by atoms with Gasteiger partial charge in [0.15, 0.2) is 6.23 Å². The van der Waals surface area contributed by atoms with Crippen molar-refractivity contribution in [2.75, 3.05) is 6.61 Å². The zero-order valence-corrected chi connectivity index (χ0v) is 28.4. The number of hydrogen-bond donors (Lipinski definition) is 2. The number of alkyl halides is 3. The Balaban J connectivity index is 1.63. The molecule has 48 heavy (non-hydrogen) atoms. The van der Waals surface area contributed by atoms with Gasteiger partial charge in [-0.1, -0.05) is 35.9 Å². The van der Waals surface area contributed by atoms with Crippen LogP contribution in [0.2, 0.25) is 5.02 Å². The van der Waals surface area contributed by atoms with E-state index in [4.69, 9.17) is 30.1 Å². The smallest absolute Gasteiger partial charge is 0.462 e. The molecule has 1 aromatic heterocycles. The number of H-pyrrole nitrogens is 1. The molecule has 1 unspecified atom stereocenters. The molecule has 4 rings (SSSR count). The maximum absolute atomic E-state index is 14.1. The Bertz CT molecular complexity index is 1920. The predicted molar refractivity (Wildman–Crippen MR) is 168 cm³/mol. The molecule has 3 aromatic rings. The SMILES string of the molecule is CC(C)OC(=O)[C@H](C)NP(=O)(OC[C@@H]1C[C@@](C)(S(=O)(=O)C(F)(F)F)[C@H](n2ccc(=O)[nH]c2=O)O1)Oc1ccc(-c2cccc(Cl)c2)cc1. The fourth-order valence-corrected chi connectivity index (χ4v) is 7.99. The van der Waals surface area contributed by atoms with Crippen LogP contribution in [0.4, 0.5) is 13.2 Å². The lowest BCUT2D eigenvalue weighted by Gasteiger charge is -2.30. The van der Waals surface area contributed by atoms with E-state index in [0.717, 1.165) is 30.3 Å². The Morgan fingerprint density at radius 3 is 2.40 bits per heavy atom. The second kappa shape index (κ2) is 14.2. The molecule has 0 aliphatic carbocycles. The first-order chi connectivity index (χ1) is 22.2. The number of hydrogen-bond acceptors (Lipinski definition) is 10. The Hall–Kier alpha value is -3.47. The molecule has 0 spiro atoms. The van der Waals surface area contributed by atoms with Gasteiger partial charge in [0, 0.05) is 23.7 Å². The van der Waals surface area contributed by atoms with Crippen molar-refractivity contribution < 1.29 is 49.5 Å². The number of nitrogens with one attached hydrogen (secondary N) is 2.